The average molecular weight is 493 g/mol. The molecule has 0 aromatic heterocycles. The van der Waals surface area contributed by atoms with Crippen LogP contribution in [0.4, 0.5) is 5.69 Å². The summed E-state index contributed by atoms with van der Waals surface area (Å²) >= 11 is 0. The van der Waals surface area contributed by atoms with Crippen LogP contribution in [0.5, 0.6) is 5.75 Å². The Balaban J connectivity index is 1.82. The molecule has 2 aromatic rings. The minimum absolute atomic E-state index is 0.194. The van der Waals surface area contributed by atoms with Crippen LogP contribution in [0.3, 0.4) is 0 Å². The zero-order valence-electron chi connectivity index (χ0n) is 21.5. The maximum absolute atomic E-state index is 12.3. The predicted molar refractivity (Wildman–Crippen MR) is 138 cm³/mol. The Morgan fingerprint density at radius 1 is 1.17 bits per heavy atom. The van der Waals surface area contributed by atoms with Crippen molar-refractivity contribution in [3.8, 4) is 22.9 Å². The number of carbonyl (C=O) groups is 1. The smallest absolute Gasteiger partial charge is 0.329 e. The second kappa shape index (κ2) is 11.3. The largest absolute Gasteiger partial charge is 0.496 e. The van der Waals surface area contributed by atoms with Gasteiger partial charge >= 0.3 is 5.97 Å². The maximum Gasteiger partial charge on any atom is 0.329 e. The molecule has 2 N–H and O–H groups in total. The number of benzene rings is 2. The Morgan fingerprint density at radius 3 is 2.50 bits per heavy atom. The van der Waals surface area contributed by atoms with Gasteiger partial charge in [0, 0.05) is 31.7 Å². The fourth-order valence-corrected chi connectivity index (χ4v) is 5.38. The summed E-state index contributed by atoms with van der Waals surface area (Å²) in [4.78, 5) is 12.3. The molecule has 0 spiro atoms. The molecule has 4 rings (SSSR count). The van der Waals surface area contributed by atoms with Gasteiger partial charge in [-0.05, 0) is 78.3 Å². The minimum atomic E-state index is -1.10. The third-order valence-corrected chi connectivity index (χ3v) is 7.62. The first kappa shape index (κ1) is 26.0. The van der Waals surface area contributed by atoms with E-state index < -0.39 is 11.5 Å². The zero-order chi connectivity index (χ0) is 25.7. The van der Waals surface area contributed by atoms with Crippen LogP contribution in [0.2, 0.25) is 0 Å². The van der Waals surface area contributed by atoms with E-state index in [4.69, 9.17) is 14.2 Å². The first-order valence-corrected chi connectivity index (χ1v) is 12.8. The van der Waals surface area contributed by atoms with Gasteiger partial charge in [-0.15, -0.1) is 0 Å². The van der Waals surface area contributed by atoms with Crippen LogP contribution in [-0.2, 0) is 27.3 Å². The van der Waals surface area contributed by atoms with Crippen molar-refractivity contribution in [2.75, 3.05) is 25.6 Å². The molecule has 0 unspecified atom stereocenters. The highest BCUT2D eigenvalue weighted by Gasteiger charge is 2.40. The van der Waals surface area contributed by atoms with Crippen LogP contribution < -0.4 is 10.1 Å². The van der Waals surface area contributed by atoms with Crippen LogP contribution in [0, 0.1) is 25.2 Å². The van der Waals surface area contributed by atoms with Crippen LogP contribution >= 0.6 is 0 Å². The number of nitriles is 1. The van der Waals surface area contributed by atoms with Crippen molar-refractivity contribution in [3.63, 3.8) is 0 Å². The summed E-state index contributed by atoms with van der Waals surface area (Å²) in [5.41, 5.74) is 5.47. The lowest BCUT2D eigenvalue weighted by molar-refractivity contribution is -0.145. The number of rotatable bonds is 9. The van der Waals surface area contributed by atoms with E-state index in [1.807, 2.05) is 25.1 Å². The highest BCUT2D eigenvalue weighted by Crippen LogP contribution is 2.38. The normalized spacial score (nSPS) is 17.5. The molecule has 1 aliphatic heterocycles. The number of hydrogen-bond acceptors (Lipinski definition) is 6. The molecule has 36 heavy (non-hydrogen) atoms. The molecule has 0 bridgehead atoms. The number of anilines is 1. The molecule has 1 aliphatic carbocycles. The second-order valence-electron chi connectivity index (χ2n) is 9.97. The molecular formula is C29H36N2O5. The second-order valence-corrected chi connectivity index (χ2v) is 9.97. The van der Waals surface area contributed by atoms with Gasteiger partial charge < -0.3 is 24.6 Å². The van der Waals surface area contributed by atoms with Gasteiger partial charge in [-0.1, -0.05) is 18.9 Å². The molecule has 1 saturated carbocycles. The van der Waals surface area contributed by atoms with Crippen molar-refractivity contribution in [1.29, 1.82) is 5.26 Å². The van der Waals surface area contributed by atoms with E-state index in [1.54, 1.807) is 7.11 Å². The number of aliphatic carboxylic acids is 1. The highest BCUT2D eigenvalue weighted by atomic mass is 16.5. The SMILES string of the molecule is COc1cc(-c2c(CC#N)cc(NC3(C(=O)O)CCOCC3)cc2COC2CCCC2)cc(C)c1C. The molecule has 192 valence electrons. The Kier molecular flexibility index (Phi) is 8.17. The summed E-state index contributed by atoms with van der Waals surface area (Å²) < 4.78 is 17.4. The maximum atomic E-state index is 12.3. The predicted octanol–water partition coefficient (Wildman–Crippen LogP) is 5.55. The van der Waals surface area contributed by atoms with Crippen molar-refractivity contribution in [2.24, 2.45) is 0 Å². The van der Waals surface area contributed by atoms with Crippen molar-refractivity contribution in [1.82, 2.24) is 0 Å². The van der Waals surface area contributed by atoms with Crippen LogP contribution in [0.25, 0.3) is 11.1 Å². The third-order valence-electron chi connectivity index (χ3n) is 7.62. The van der Waals surface area contributed by atoms with Crippen molar-refractivity contribution in [3.05, 3.63) is 46.5 Å². The number of nitrogens with one attached hydrogen (secondary N) is 1. The van der Waals surface area contributed by atoms with E-state index in [1.165, 1.54) is 12.8 Å². The summed E-state index contributed by atoms with van der Waals surface area (Å²) in [5.74, 6) is -0.0934. The van der Waals surface area contributed by atoms with Gasteiger partial charge in [0.15, 0.2) is 0 Å². The van der Waals surface area contributed by atoms with Gasteiger partial charge in [-0.2, -0.15) is 5.26 Å². The molecule has 1 heterocycles. The summed E-state index contributed by atoms with van der Waals surface area (Å²) in [7, 11) is 1.66. The number of aryl methyl sites for hydroxylation is 1. The quantitative estimate of drug-likeness (QED) is 0.473. The topological polar surface area (TPSA) is 101 Å². The molecule has 2 aromatic carbocycles. The zero-order valence-corrected chi connectivity index (χ0v) is 21.5. The number of hydrogen-bond donors (Lipinski definition) is 2. The number of methoxy groups -OCH3 is 1. The van der Waals surface area contributed by atoms with Gasteiger partial charge in [0.2, 0.25) is 0 Å². The molecule has 1 saturated heterocycles. The van der Waals surface area contributed by atoms with E-state index >= 15 is 0 Å². The summed E-state index contributed by atoms with van der Waals surface area (Å²) in [6, 6.07) is 10.3. The number of carboxylic acids is 1. The minimum Gasteiger partial charge on any atom is -0.496 e. The van der Waals surface area contributed by atoms with E-state index in [0.717, 1.165) is 52.0 Å². The molecule has 7 heteroatoms. The lowest BCUT2D eigenvalue weighted by Crippen LogP contribution is -2.50. The summed E-state index contributed by atoms with van der Waals surface area (Å²) in [6.07, 6.45) is 5.63. The van der Waals surface area contributed by atoms with Gasteiger partial charge in [0.05, 0.1) is 32.3 Å². The van der Waals surface area contributed by atoms with E-state index in [9.17, 15) is 15.2 Å². The first-order valence-electron chi connectivity index (χ1n) is 12.8. The average Bonchev–Trinajstić information content (AvgIpc) is 3.39. The Morgan fingerprint density at radius 2 is 1.86 bits per heavy atom. The van der Waals surface area contributed by atoms with E-state index in [0.29, 0.717) is 38.3 Å². The molecule has 0 radical (unpaired) electrons. The summed E-state index contributed by atoms with van der Waals surface area (Å²) in [6.45, 7) is 5.26. The molecule has 2 aliphatic rings. The molecule has 2 fully saturated rings. The van der Waals surface area contributed by atoms with Crippen molar-refractivity contribution >= 4 is 11.7 Å². The molecule has 0 amide bonds. The van der Waals surface area contributed by atoms with Gasteiger partial charge in [-0.3, -0.25) is 0 Å². The number of ether oxygens (including phenoxy) is 3. The Bertz CT molecular complexity index is 1140. The fraction of sp³-hybridized carbons (Fsp3) is 0.517. The lowest BCUT2D eigenvalue weighted by atomic mass is 9.87. The van der Waals surface area contributed by atoms with Crippen molar-refractivity contribution < 1.29 is 24.1 Å². The molecular weight excluding hydrogens is 456 g/mol. The fourth-order valence-electron chi connectivity index (χ4n) is 5.38. The standard InChI is InChI=1S/C29H36N2O5/c1-19-14-22(17-26(34-3)20(19)2)27-21(8-11-30)15-24(16-23(27)18-36-25-6-4-5-7-25)31-29(28(32)33)9-12-35-13-10-29/h14-17,25,31H,4-10,12-13,18H2,1-3H3,(H,32,33). The number of carboxylic acid groups (broad SMARTS) is 1. The number of nitrogens with zero attached hydrogens (tertiary/aromatic N) is 1. The molecule has 7 nitrogen and oxygen atoms in total. The molecule has 0 atom stereocenters. The first-order chi connectivity index (χ1) is 17.4. The lowest BCUT2D eigenvalue weighted by Gasteiger charge is -2.35. The Hall–Kier alpha value is -3.08. The van der Waals surface area contributed by atoms with Crippen molar-refractivity contribution in [2.45, 2.75) is 77.0 Å². The Labute approximate surface area is 213 Å². The van der Waals surface area contributed by atoms with E-state index in [2.05, 4.69) is 24.4 Å². The van der Waals surface area contributed by atoms with E-state index in [-0.39, 0.29) is 12.5 Å². The van der Waals surface area contributed by atoms with Crippen LogP contribution in [-0.4, -0.2) is 43.0 Å². The third kappa shape index (κ3) is 5.50. The van der Waals surface area contributed by atoms with Gasteiger partial charge in [0.1, 0.15) is 11.3 Å². The monoisotopic (exact) mass is 492 g/mol. The summed E-state index contributed by atoms with van der Waals surface area (Å²) in [5, 5.41) is 23.1. The van der Waals surface area contributed by atoms with Crippen LogP contribution in [0.1, 0.15) is 60.8 Å². The van der Waals surface area contributed by atoms with Gasteiger partial charge in [0.25, 0.3) is 0 Å². The van der Waals surface area contributed by atoms with Crippen LogP contribution in [0.15, 0.2) is 24.3 Å². The van der Waals surface area contributed by atoms with Gasteiger partial charge in [-0.25, -0.2) is 4.79 Å². The highest BCUT2D eigenvalue weighted by molar-refractivity contribution is 5.84.